The number of nitrogens with zero attached hydrogens (tertiary/aromatic N) is 1. The fourth-order valence-electron chi connectivity index (χ4n) is 8.36. The summed E-state index contributed by atoms with van der Waals surface area (Å²) >= 11 is 0. The molecule has 0 saturated carbocycles. The number of rotatable bonds is 9. The van der Waals surface area contributed by atoms with Crippen molar-refractivity contribution in [2.45, 2.75) is 0 Å². The topological polar surface area (TPSA) is 3.24 Å². The van der Waals surface area contributed by atoms with E-state index in [4.69, 9.17) is 0 Å². The summed E-state index contributed by atoms with van der Waals surface area (Å²) in [5.74, 6) is 0. The highest BCUT2D eigenvalue weighted by atomic mass is 15.1. The number of hydrogen-bond acceptors (Lipinski definition) is 1. The van der Waals surface area contributed by atoms with Gasteiger partial charge in [-0.2, -0.15) is 0 Å². The van der Waals surface area contributed by atoms with E-state index in [2.05, 4.69) is 254 Å². The van der Waals surface area contributed by atoms with Crippen molar-refractivity contribution >= 4 is 27.8 Å². The van der Waals surface area contributed by atoms with Crippen molar-refractivity contribution in [1.29, 1.82) is 0 Å². The normalized spacial score (nSPS) is 11.1. The van der Waals surface area contributed by atoms with Crippen molar-refractivity contribution < 1.29 is 0 Å². The van der Waals surface area contributed by atoms with Crippen molar-refractivity contribution in [2.24, 2.45) is 0 Å². The highest BCUT2D eigenvalue weighted by molar-refractivity contribution is 6.06. The molecule has 0 amide bonds. The maximum Gasteiger partial charge on any atom is 0.0462 e. The van der Waals surface area contributed by atoms with E-state index in [1.165, 1.54) is 77.5 Å². The van der Waals surface area contributed by atoms with Gasteiger partial charge in [0.15, 0.2) is 0 Å². The lowest BCUT2D eigenvalue weighted by Crippen LogP contribution is -2.09. The number of fused-ring (bicyclic) bond motifs is 1. The van der Waals surface area contributed by atoms with E-state index in [1.54, 1.807) is 0 Å². The molecule has 0 aromatic heterocycles. The van der Waals surface area contributed by atoms with Crippen molar-refractivity contribution in [3.63, 3.8) is 0 Å². The van der Waals surface area contributed by atoms with Gasteiger partial charge in [-0.25, -0.2) is 0 Å². The van der Waals surface area contributed by atoms with Gasteiger partial charge in [-0.05, 0) is 120 Å². The quantitative estimate of drug-likeness (QED) is 0.142. The molecular formula is C58H41N. The molecule has 0 unspecified atom stereocenters. The molecule has 0 atom stereocenters. The molecule has 0 saturated heterocycles. The van der Waals surface area contributed by atoms with Crippen LogP contribution in [0.25, 0.3) is 77.5 Å². The lowest BCUT2D eigenvalue weighted by atomic mass is 9.91. The van der Waals surface area contributed by atoms with Crippen LogP contribution in [0.1, 0.15) is 0 Å². The first kappa shape index (κ1) is 35.7. The lowest BCUT2D eigenvalue weighted by molar-refractivity contribution is 1.28. The van der Waals surface area contributed by atoms with Gasteiger partial charge >= 0.3 is 0 Å². The number of benzene rings is 10. The number of hydrogen-bond donors (Lipinski definition) is 0. The molecule has 10 aromatic carbocycles. The summed E-state index contributed by atoms with van der Waals surface area (Å²) in [6.45, 7) is 0. The third-order valence-corrected chi connectivity index (χ3v) is 11.3. The monoisotopic (exact) mass is 751 g/mol. The van der Waals surface area contributed by atoms with Crippen LogP contribution < -0.4 is 4.90 Å². The molecule has 0 radical (unpaired) electrons. The van der Waals surface area contributed by atoms with Gasteiger partial charge in [-0.1, -0.05) is 206 Å². The fraction of sp³-hybridized carbons (Fsp3) is 0. The van der Waals surface area contributed by atoms with E-state index in [9.17, 15) is 0 Å². The van der Waals surface area contributed by atoms with Crippen molar-refractivity contribution in [3.8, 4) is 66.8 Å². The van der Waals surface area contributed by atoms with Gasteiger partial charge in [-0.15, -0.1) is 0 Å². The van der Waals surface area contributed by atoms with E-state index in [0.29, 0.717) is 0 Å². The predicted molar refractivity (Wildman–Crippen MR) is 251 cm³/mol. The molecule has 0 aliphatic heterocycles. The van der Waals surface area contributed by atoms with E-state index in [0.717, 1.165) is 17.1 Å². The van der Waals surface area contributed by atoms with Crippen LogP contribution in [0.15, 0.2) is 249 Å². The Morgan fingerprint density at radius 1 is 0.203 bits per heavy atom. The molecule has 0 heterocycles. The van der Waals surface area contributed by atoms with E-state index in [1.807, 2.05) is 0 Å². The Kier molecular flexibility index (Phi) is 9.68. The molecule has 1 heteroatoms. The minimum absolute atomic E-state index is 1.09. The predicted octanol–water partition coefficient (Wildman–Crippen LogP) is 16.3. The molecule has 10 aromatic rings. The van der Waals surface area contributed by atoms with E-state index < -0.39 is 0 Å². The molecule has 10 rings (SSSR count). The van der Waals surface area contributed by atoms with Crippen LogP contribution in [0.2, 0.25) is 0 Å². The van der Waals surface area contributed by atoms with Gasteiger partial charge in [0.25, 0.3) is 0 Å². The fourth-order valence-corrected chi connectivity index (χ4v) is 8.36. The third kappa shape index (κ3) is 7.23. The van der Waals surface area contributed by atoms with Gasteiger partial charge in [0.2, 0.25) is 0 Å². The second kappa shape index (κ2) is 16.0. The Bertz CT molecular complexity index is 2970. The molecular weight excluding hydrogens is 711 g/mol. The summed E-state index contributed by atoms with van der Waals surface area (Å²) in [5.41, 5.74) is 17.8. The van der Waals surface area contributed by atoms with Crippen LogP contribution in [-0.4, -0.2) is 0 Å². The zero-order valence-corrected chi connectivity index (χ0v) is 32.6. The molecule has 0 spiro atoms. The Morgan fingerprint density at radius 3 is 1.02 bits per heavy atom. The molecule has 0 aliphatic carbocycles. The summed E-state index contributed by atoms with van der Waals surface area (Å²) in [7, 11) is 0. The smallest absolute Gasteiger partial charge is 0.0462 e. The highest BCUT2D eigenvalue weighted by Crippen LogP contribution is 2.41. The van der Waals surface area contributed by atoms with Gasteiger partial charge in [0.1, 0.15) is 0 Å². The first-order chi connectivity index (χ1) is 29.3. The van der Waals surface area contributed by atoms with Crippen molar-refractivity contribution in [2.75, 3.05) is 4.90 Å². The number of anilines is 3. The van der Waals surface area contributed by atoms with Crippen LogP contribution in [0.4, 0.5) is 17.1 Å². The second-order valence-corrected chi connectivity index (χ2v) is 14.9. The van der Waals surface area contributed by atoms with Crippen LogP contribution in [-0.2, 0) is 0 Å². The summed E-state index contributed by atoms with van der Waals surface area (Å²) < 4.78 is 0. The SMILES string of the molecule is c1ccc(-c2ccc(N(c3ccc(-c4ccc(-c5ccccc5)c(-c5ccccc5)c4)cc3)c3ccc(-c4cccc5cccc(-c6ccccc6)c45)cc3)cc2)cc1. The van der Waals surface area contributed by atoms with Gasteiger partial charge in [-0.3, -0.25) is 0 Å². The Hall–Kier alpha value is -7.74. The first-order valence-electron chi connectivity index (χ1n) is 20.3. The molecule has 0 N–H and O–H groups in total. The summed E-state index contributed by atoms with van der Waals surface area (Å²) in [6.07, 6.45) is 0. The minimum atomic E-state index is 1.09. The van der Waals surface area contributed by atoms with E-state index >= 15 is 0 Å². The maximum atomic E-state index is 2.36. The molecule has 59 heavy (non-hydrogen) atoms. The van der Waals surface area contributed by atoms with Crippen molar-refractivity contribution in [1.82, 2.24) is 0 Å². The molecule has 0 fully saturated rings. The maximum absolute atomic E-state index is 2.36. The van der Waals surface area contributed by atoms with Crippen LogP contribution in [0.5, 0.6) is 0 Å². The molecule has 0 aliphatic rings. The average molecular weight is 752 g/mol. The van der Waals surface area contributed by atoms with Crippen LogP contribution in [0.3, 0.4) is 0 Å². The van der Waals surface area contributed by atoms with Gasteiger partial charge < -0.3 is 4.90 Å². The van der Waals surface area contributed by atoms with Gasteiger partial charge in [0.05, 0.1) is 0 Å². The zero-order valence-electron chi connectivity index (χ0n) is 32.6. The van der Waals surface area contributed by atoms with Crippen LogP contribution >= 0.6 is 0 Å². The summed E-state index contributed by atoms with van der Waals surface area (Å²) in [6, 6.07) is 89.7. The highest BCUT2D eigenvalue weighted by Gasteiger charge is 2.16. The molecule has 0 bridgehead atoms. The lowest BCUT2D eigenvalue weighted by Gasteiger charge is -2.26. The minimum Gasteiger partial charge on any atom is -0.311 e. The first-order valence-corrected chi connectivity index (χ1v) is 20.3. The standard InChI is InChI=1S/C58H41N/c1-5-15-42(16-6-1)43-27-34-51(35-28-43)59(53-38-31-48(32-39-53)56-26-14-24-49-23-13-25-55(58(49)56)46-19-9-3-10-20-46)52-36-29-44(30-37-52)50-33-40-54(45-17-7-2-8-18-45)57(41-50)47-21-11-4-12-22-47/h1-41H. The summed E-state index contributed by atoms with van der Waals surface area (Å²) in [5, 5.41) is 2.50. The second-order valence-electron chi connectivity index (χ2n) is 14.9. The zero-order chi connectivity index (χ0) is 39.4. The molecule has 1 nitrogen and oxygen atoms in total. The Balaban J connectivity index is 1.04. The van der Waals surface area contributed by atoms with Gasteiger partial charge in [0, 0.05) is 17.1 Å². The molecule has 278 valence electrons. The Labute approximate surface area is 346 Å². The average Bonchev–Trinajstić information content (AvgIpc) is 3.33. The third-order valence-electron chi connectivity index (χ3n) is 11.3. The van der Waals surface area contributed by atoms with Crippen molar-refractivity contribution in [3.05, 3.63) is 249 Å². The van der Waals surface area contributed by atoms with Crippen LogP contribution in [0, 0.1) is 0 Å². The largest absolute Gasteiger partial charge is 0.311 e. The van der Waals surface area contributed by atoms with E-state index in [-0.39, 0.29) is 0 Å². The Morgan fingerprint density at radius 2 is 0.542 bits per heavy atom. The summed E-state index contributed by atoms with van der Waals surface area (Å²) in [4.78, 5) is 2.36.